The van der Waals surface area contributed by atoms with E-state index in [1.807, 2.05) is 20.8 Å². The maximum atomic E-state index is 11.8. The molecule has 4 nitrogen and oxygen atoms in total. The summed E-state index contributed by atoms with van der Waals surface area (Å²) in [5, 5.41) is 6.70. The second kappa shape index (κ2) is 8.76. The predicted octanol–water partition coefficient (Wildman–Crippen LogP) is 4.09. The highest BCUT2D eigenvalue weighted by Crippen LogP contribution is 2.29. The summed E-state index contributed by atoms with van der Waals surface area (Å²) in [6.45, 7) is 13.2. The first-order valence-electron chi connectivity index (χ1n) is 8.95. The number of hydrogen-bond acceptors (Lipinski definition) is 3. The molecular formula is C18H36N2O2. The molecule has 2 N–H and O–H groups in total. The van der Waals surface area contributed by atoms with Crippen molar-refractivity contribution in [1.82, 2.24) is 10.6 Å². The van der Waals surface area contributed by atoms with Gasteiger partial charge in [0.15, 0.2) is 0 Å². The lowest BCUT2D eigenvalue weighted by atomic mass is 9.77. The van der Waals surface area contributed by atoms with Crippen molar-refractivity contribution in [3.05, 3.63) is 0 Å². The van der Waals surface area contributed by atoms with Crippen LogP contribution >= 0.6 is 0 Å². The van der Waals surface area contributed by atoms with Crippen LogP contribution in [0.15, 0.2) is 0 Å². The number of alkyl carbamates (subject to hydrolysis) is 1. The van der Waals surface area contributed by atoms with Crippen molar-refractivity contribution in [3.63, 3.8) is 0 Å². The van der Waals surface area contributed by atoms with Crippen molar-refractivity contribution < 1.29 is 9.53 Å². The fourth-order valence-corrected chi connectivity index (χ4v) is 3.23. The maximum absolute atomic E-state index is 11.8. The molecule has 1 aliphatic carbocycles. The fourth-order valence-electron chi connectivity index (χ4n) is 3.23. The van der Waals surface area contributed by atoms with Crippen molar-refractivity contribution in [1.29, 1.82) is 0 Å². The van der Waals surface area contributed by atoms with Crippen LogP contribution in [0.25, 0.3) is 0 Å². The highest BCUT2D eigenvalue weighted by molar-refractivity contribution is 5.67. The van der Waals surface area contributed by atoms with E-state index in [9.17, 15) is 4.79 Å². The molecule has 1 fully saturated rings. The quantitative estimate of drug-likeness (QED) is 0.776. The average Bonchev–Trinajstić information content (AvgIpc) is 2.39. The number of nitrogens with one attached hydrogen (secondary N) is 2. The van der Waals surface area contributed by atoms with Crippen LogP contribution in [0, 0.1) is 11.8 Å². The molecule has 4 atom stereocenters. The minimum Gasteiger partial charge on any atom is -0.444 e. The normalized spacial score (nSPS) is 27.3. The zero-order chi connectivity index (χ0) is 16.8. The Morgan fingerprint density at radius 1 is 1.27 bits per heavy atom. The van der Waals surface area contributed by atoms with E-state index >= 15 is 0 Å². The van der Waals surface area contributed by atoms with Gasteiger partial charge >= 0.3 is 6.09 Å². The Morgan fingerprint density at radius 3 is 2.55 bits per heavy atom. The van der Waals surface area contributed by atoms with Gasteiger partial charge in [-0.1, -0.05) is 40.0 Å². The van der Waals surface area contributed by atoms with Crippen LogP contribution < -0.4 is 10.6 Å². The summed E-state index contributed by atoms with van der Waals surface area (Å²) in [4.78, 5) is 11.8. The van der Waals surface area contributed by atoms with Gasteiger partial charge in [-0.2, -0.15) is 0 Å². The Labute approximate surface area is 136 Å². The van der Waals surface area contributed by atoms with Crippen molar-refractivity contribution in [2.45, 2.75) is 91.3 Å². The van der Waals surface area contributed by atoms with E-state index in [0.717, 1.165) is 18.8 Å². The van der Waals surface area contributed by atoms with E-state index in [2.05, 4.69) is 31.4 Å². The van der Waals surface area contributed by atoms with Crippen molar-refractivity contribution in [3.8, 4) is 0 Å². The third-order valence-electron chi connectivity index (χ3n) is 4.69. The monoisotopic (exact) mass is 312 g/mol. The summed E-state index contributed by atoms with van der Waals surface area (Å²) in [7, 11) is 0. The number of carbonyl (C=O) groups excluding carboxylic acids is 1. The standard InChI is InChI=1S/C18H36N2O2/c1-7-9-15(12-19-17(21)22-18(4,5)6)20-16-11-8-10-13(2)14(16)3/h13-16,20H,7-12H2,1-6H3,(H,19,21). The van der Waals surface area contributed by atoms with Gasteiger partial charge in [0.05, 0.1) is 0 Å². The summed E-state index contributed by atoms with van der Waals surface area (Å²) in [5.74, 6) is 1.49. The Balaban J connectivity index is 2.46. The Hall–Kier alpha value is -0.770. The fraction of sp³-hybridized carbons (Fsp3) is 0.944. The molecular weight excluding hydrogens is 276 g/mol. The molecule has 4 heteroatoms. The summed E-state index contributed by atoms with van der Waals surface area (Å²) in [5.41, 5.74) is -0.439. The molecule has 130 valence electrons. The van der Waals surface area contributed by atoms with E-state index in [4.69, 9.17) is 4.74 Å². The van der Waals surface area contributed by atoms with Crippen molar-refractivity contribution >= 4 is 6.09 Å². The minimum atomic E-state index is -0.439. The number of rotatable bonds is 6. The van der Waals surface area contributed by atoms with Gasteiger partial charge in [-0.15, -0.1) is 0 Å². The first kappa shape index (κ1) is 19.3. The molecule has 0 aromatic heterocycles. The van der Waals surface area contributed by atoms with Crippen LogP contribution in [0.2, 0.25) is 0 Å². The Kier molecular flexibility index (Phi) is 7.67. The van der Waals surface area contributed by atoms with E-state index in [-0.39, 0.29) is 6.09 Å². The molecule has 0 heterocycles. The SMILES string of the molecule is CCCC(CNC(=O)OC(C)(C)C)NC1CCCC(C)C1C. The molecule has 0 aromatic carbocycles. The van der Waals surface area contributed by atoms with Gasteiger partial charge < -0.3 is 15.4 Å². The zero-order valence-corrected chi connectivity index (χ0v) is 15.4. The van der Waals surface area contributed by atoms with Gasteiger partial charge in [0.2, 0.25) is 0 Å². The topological polar surface area (TPSA) is 50.4 Å². The van der Waals surface area contributed by atoms with Crippen LogP contribution in [0.4, 0.5) is 4.79 Å². The number of ether oxygens (including phenoxy) is 1. The third-order valence-corrected chi connectivity index (χ3v) is 4.69. The molecule has 0 aliphatic heterocycles. The number of hydrogen-bond donors (Lipinski definition) is 2. The second-order valence-electron chi connectivity index (χ2n) is 7.91. The summed E-state index contributed by atoms with van der Waals surface area (Å²) >= 11 is 0. The molecule has 22 heavy (non-hydrogen) atoms. The highest BCUT2D eigenvalue weighted by atomic mass is 16.6. The summed E-state index contributed by atoms with van der Waals surface area (Å²) < 4.78 is 5.32. The van der Waals surface area contributed by atoms with Crippen LogP contribution in [0.1, 0.15) is 73.6 Å². The van der Waals surface area contributed by atoms with Gasteiger partial charge in [-0.05, 0) is 45.4 Å². The molecule has 0 radical (unpaired) electrons. The molecule has 1 saturated carbocycles. The summed E-state index contributed by atoms with van der Waals surface area (Å²) in [6.07, 6.45) is 5.77. The molecule has 1 amide bonds. The van der Waals surface area contributed by atoms with E-state index in [0.29, 0.717) is 24.5 Å². The van der Waals surface area contributed by atoms with E-state index in [1.165, 1.54) is 19.3 Å². The molecule has 1 rings (SSSR count). The number of amides is 1. The second-order valence-corrected chi connectivity index (χ2v) is 7.91. The lowest BCUT2D eigenvalue weighted by Gasteiger charge is -2.37. The predicted molar refractivity (Wildman–Crippen MR) is 92.0 cm³/mol. The molecule has 1 aliphatic rings. The van der Waals surface area contributed by atoms with E-state index < -0.39 is 5.60 Å². The van der Waals surface area contributed by atoms with Crippen molar-refractivity contribution in [2.75, 3.05) is 6.54 Å². The Bertz CT molecular complexity index is 338. The molecule has 0 bridgehead atoms. The highest BCUT2D eigenvalue weighted by Gasteiger charge is 2.28. The third kappa shape index (κ3) is 6.99. The van der Waals surface area contributed by atoms with Crippen LogP contribution in [0.5, 0.6) is 0 Å². The van der Waals surface area contributed by atoms with Gasteiger partial charge in [-0.25, -0.2) is 4.79 Å². The smallest absolute Gasteiger partial charge is 0.407 e. The molecule has 4 unspecified atom stereocenters. The van der Waals surface area contributed by atoms with Gasteiger partial charge in [-0.3, -0.25) is 0 Å². The van der Waals surface area contributed by atoms with Crippen molar-refractivity contribution in [2.24, 2.45) is 11.8 Å². The Morgan fingerprint density at radius 2 is 1.95 bits per heavy atom. The maximum Gasteiger partial charge on any atom is 0.407 e. The average molecular weight is 312 g/mol. The van der Waals surface area contributed by atoms with Crippen LogP contribution in [-0.2, 0) is 4.74 Å². The minimum absolute atomic E-state index is 0.319. The van der Waals surface area contributed by atoms with Crippen LogP contribution in [0.3, 0.4) is 0 Å². The lowest BCUT2D eigenvalue weighted by Crippen LogP contribution is -2.50. The van der Waals surface area contributed by atoms with Gasteiger partial charge in [0, 0.05) is 18.6 Å². The molecule has 0 aromatic rings. The molecule has 0 saturated heterocycles. The van der Waals surface area contributed by atoms with Crippen LogP contribution in [-0.4, -0.2) is 30.3 Å². The van der Waals surface area contributed by atoms with Gasteiger partial charge in [0.1, 0.15) is 5.60 Å². The first-order chi connectivity index (χ1) is 10.2. The zero-order valence-electron chi connectivity index (χ0n) is 15.4. The molecule has 0 spiro atoms. The number of carbonyl (C=O) groups is 1. The van der Waals surface area contributed by atoms with E-state index in [1.54, 1.807) is 0 Å². The van der Waals surface area contributed by atoms with Gasteiger partial charge in [0.25, 0.3) is 0 Å². The lowest BCUT2D eigenvalue weighted by molar-refractivity contribution is 0.0518. The largest absolute Gasteiger partial charge is 0.444 e. The summed E-state index contributed by atoms with van der Waals surface area (Å²) in [6, 6.07) is 0.899. The first-order valence-corrected chi connectivity index (χ1v) is 8.95.